The minimum absolute atomic E-state index is 0.655. The fourth-order valence-corrected chi connectivity index (χ4v) is 1.42. The van der Waals surface area contributed by atoms with E-state index in [0.717, 1.165) is 5.56 Å². The molecule has 1 N–H and O–H groups in total. The number of anilines is 1. The van der Waals surface area contributed by atoms with Gasteiger partial charge in [-0.05, 0) is 17.3 Å². The molecule has 0 aliphatic carbocycles. The summed E-state index contributed by atoms with van der Waals surface area (Å²) in [5, 5.41) is 2.90. The summed E-state index contributed by atoms with van der Waals surface area (Å²) in [4.78, 5) is 4.34. The molecule has 84 valence electrons. The first-order valence-electron chi connectivity index (χ1n) is 5.18. The lowest BCUT2D eigenvalue weighted by atomic mass is 10.2. The minimum atomic E-state index is 0.655. The summed E-state index contributed by atoms with van der Waals surface area (Å²) in [6.07, 6.45) is 1.76. The van der Waals surface area contributed by atoms with Gasteiger partial charge in [-0.25, -0.2) is 0 Å². The van der Waals surface area contributed by atoms with E-state index in [1.807, 2.05) is 48.5 Å². The first-order valence-corrected chi connectivity index (χ1v) is 5.18. The third kappa shape index (κ3) is 2.98. The molecule has 4 heteroatoms. The van der Waals surface area contributed by atoms with Gasteiger partial charge in [0.05, 0.1) is 5.69 Å². The van der Waals surface area contributed by atoms with E-state index in [1.54, 1.807) is 12.3 Å². The number of aliphatic imine (C=N–C) groups is 1. The fraction of sp³-hybridized carbons (Fsp3) is 0. The van der Waals surface area contributed by atoms with Crippen LogP contribution >= 0.6 is 0 Å². The van der Waals surface area contributed by atoms with Gasteiger partial charge in [0.15, 0.2) is 0 Å². The second-order valence-corrected chi connectivity index (χ2v) is 3.40. The van der Waals surface area contributed by atoms with Crippen molar-refractivity contribution in [3.63, 3.8) is 0 Å². The molecule has 0 saturated carbocycles. The highest BCUT2D eigenvalue weighted by atomic mass is 15.4. The topological polar surface area (TPSA) is 59.0 Å². The van der Waals surface area contributed by atoms with Crippen LogP contribution in [-0.4, -0.2) is 6.21 Å². The maximum Gasteiger partial charge on any atom is 0.0672 e. The number of para-hydroxylation sites is 2. The van der Waals surface area contributed by atoms with Crippen molar-refractivity contribution >= 4 is 17.6 Å². The molecule has 0 bridgehead atoms. The molecular weight excluding hydrogens is 212 g/mol. The van der Waals surface area contributed by atoms with Crippen molar-refractivity contribution in [2.45, 2.75) is 0 Å². The zero-order chi connectivity index (χ0) is 11.9. The Labute approximate surface area is 99.5 Å². The summed E-state index contributed by atoms with van der Waals surface area (Å²) < 4.78 is 0. The summed E-state index contributed by atoms with van der Waals surface area (Å²) >= 11 is 0. The van der Waals surface area contributed by atoms with Crippen molar-refractivity contribution in [2.75, 3.05) is 5.43 Å². The van der Waals surface area contributed by atoms with E-state index >= 15 is 0 Å². The Morgan fingerprint density at radius 2 is 1.65 bits per heavy atom. The number of hydrogen-bond donors (Lipinski definition) is 1. The van der Waals surface area contributed by atoms with Crippen molar-refractivity contribution in [1.82, 2.24) is 0 Å². The zero-order valence-electron chi connectivity index (χ0n) is 9.12. The Morgan fingerprint density at radius 1 is 0.941 bits per heavy atom. The molecule has 2 aromatic rings. The predicted molar refractivity (Wildman–Crippen MR) is 69.5 cm³/mol. The van der Waals surface area contributed by atoms with E-state index in [9.17, 15) is 0 Å². The average molecular weight is 223 g/mol. The van der Waals surface area contributed by atoms with E-state index in [0.29, 0.717) is 11.4 Å². The quantitative estimate of drug-likeness (QED) is 0.478. The van der Waals surface area contributed by atoms with Gasteiger partial charge in [0.2, 0.25) is 0 Å². The van der Waals surface area contributed by atoms with E-state index in [1.165, 1.54) is 0 Å². The fourth-order valence-electron chi connectivity index (χ4n) is 1.42. The van der Waals surface area contributed by atoms with Crippen LogP contribution in [0.1, 0.15) is 5.56 Å². The monoisotopic (exact) mass is 223 g/mol. The van der Waals surface area contributed by atoms with Gasteiger partial charge in [0.1, 0.15) is 0 Å². The van der Waals surface area contributed by atoms with Gasteiger partial charge < -0.3 is 11.0 Å². The molecule has 0 atom stereocenters. The summed E-state index contributed by atoms with van der Waals surface area (Å²) in [5.74, 6) is 0. The van der Waals surface area contributed by atoms with Crippen molar-refractivity contribution in [3.8, 4) is 0 Å². The van der Waals surface area contributed by atoms with E-state index in [4.69, 9.17) is 5.53 Å². The molecule has 2 aromatic carbocycles. The highest BCUT2D eigenvalue weighted by Crippen LogP contribution is 2.23. The molecule has 0 heterocycles. The summed E-state index contributed by atoms with van der Waals surface area (Å²) in [6.45, 7) is 0. The van der Waals surface area contributed by atoms with Crippen molar-refractivity contribution in [2.24, 2.45) is 10.2 Å². The van der Waals surface area contributed by atoms with Gasteiger partial charge in [-0.3, -0.25) is 10.2 Å². The van der Waals surface area contributed by atoms with Gasteiger partial charge in [0.25, 0.3) is 0 Å². The summed E-state index contributed by atoms with van der Waals surface area (Å²) in [5.41, 5.74) is 13.4. The van der Waals surface area contributed by atoms with E-state index < -0.39 is 0 Å². The molecule has 0 spiro atoms. The Hall–Kier alpha value is -2.49. The number of hydrogen-bond acceptors (Lipinski definition) is 2. The smallest absolute Gasteiger partial charge is 0.0672 e. The zero-order valence-corrected chi connectivity index (χ0v) is 9.12. The maximum atomic E-state index is 8.49. The van der Waals surface area contributed by atoms with Gasteiger partial charge in [-0.2, -0.15) is 0 Å². The van der Waals surface area contributed by atoms with Crippen LogP contribution in [0.5, 0.6) is 0 Å². The van der Waals surface area contributed by atoms with Crippen LogP contribution in [0.25, 0.3) is 5.53 Å². The predicted octanol–water partition coefficient (Wildman–Crippen LogP) is 3.79. The average Bonchev–Trinajstić information content (AvgIpc) is 2.39. The number of benzene rings is 2. The maximum absolute atomic E-state index is 8.49. The van der Waals surface area contributed by atoms with Crippen molar-refractivity contribution < 1.29 is 0 Å². The summed E-state index contributed by atoms with van der Waals surface area (Å²) in [7, 11) is 0. The molecule has 0 aromatic heterocycles. The normalized spacial score (nSPS) is 10.4. The standard InChI is InChI=1S/C13H11N4/c14-17-16-13-9-5-4-8-12(13)15-10-11-6-2-1-3-7-11/h1-10H,(H-,14,16)/q-1. The number of nitrogens with one attached hydrogen (secondary N) is 1. The molecule has 0 amide bonds. The Bertz CT molecular complexity index is 520. The van der Waals surface area contributed by atoms with Gasteiger partial charge in [0, 0.05) is 6.21 Å². The SMILES string of the molecule is [N-]=NNc1ccccc1N=Cc1ccccc1. The summed E-state index contributed by atoms with van der Waals surface area (Å²) in [6, 6.07) is 17.1. The Kier molecular flexibility index (Phi) is 3.60. The molecule has 0 aliphatic heterocycles. The van der Waals surface area contributed by atoms with Gasteiger partial charge >= 0.3 is 0 Å². The minimum Gasteiger partial charge on any atom is -0.385 e. The molecular formula is C13H11N4-. The third-order valence-electron chi connectivity index (χ3n) is 2.23. The van der Waals surface area contributed by atoms with Crippen LogP contribution in [0.2, 0.25) is 0 Å². The van der Waals surface area contributed by atoms with Crippen molar-refractivity contribution in [3.05, 3.63) is 65.7 Å². The lowest BCUT2D eigenvalue weighted by molar-refractivity contribution is 1.31. The number of nitrogens with zero attached hydrogens (tertiary/aromatic N) is 3. The van der Waals surface area contributed by atoms with E-state index in [2.05, 4.69) is 15.6 Å². The molecule has 17 heavy (non-hydrogen) atoms. The lowest BCUT2D eigenvalue weighted by Gasteiger charge is -2.08. The number of rotatable bonds is 4. The highest BCUT2D eigenvalue weighted by Gasteiger charge is 1.93. The van der Waals surface area contributed by atoms with Gasteiger partial charge in [-0.1, -0.05) is 48.5 Å². The van der Waals surface area contributed by atoms with Gasteiger partial charge in [-0.15, -0.1) is 0 Å². The Morgan fingerprint density at radius 3 is 2.41 bits per heavy atom. The second kappa shape index (κ2) is 5.55. The van der Waals surface area contributed by atoms with Crippen LogP contribution in [-0.2, 0) is 0 Å². The van der Waals surface area contributed by atoms with Crippen LogP contribution in [0.3, 0.4) is 0 Å². The lowest BCUT2D eigenvalue weighted by Crippen LogP contribution is -1.86. The molecule has 0 aliphatic rings. The molecule has 0 unspecified atom stereocenters. The first kappa shape index (κ1) is 11.0. The molecule has 0 saturated heterocycles. The first-order chi connectivity index (χ1) is 8.40. The second-order valence-electron chi connectivity index (χ2n) is 3.40. The van der Waals surface area contributed by atoms with Crippen LogP contribution < -0.4 is 5.43 Å². The molecule has 2 rings (SSSR count). The Balaban J connectivity index is 2.24. The van der Waals surface area contributed by atoms with Crippen molar-refractivity contribution in [1.29, 1.82) is 0 Å². The highest BCUT2D eigenvalue weighted by molar-refractivity contribution is 5.83. The molecule has 0 radical (unpaired) electrons. The van der Waals surface area contributed by atoms with Crippen LogP contribution in [0, 0.1) is 0 Å². The molecule has 4 nitrogen and oxygen atoms in total. The van der Waals surface area contributed by atoms with Crippen LogP contribution in [0.4, 0.5) is 11.4 Å². The van der Waals surface area contributed by atoms with Crippen LogP contribution in [0.15, 0.2) is 64.8 Å². The third-order valence-corrected chi connectivity index (χ3v) is 2.23. The van der Waals surface area contributed by atoms with E-state index in [-0.39, 0.29) is 0 Å². The largest absolute Gasteiger partial charge is 0.385 e. The molecule has 0 fully saturated rings.